The molecule has 0 aliphatic carbocycles. The van der Waals surface area contributed by atoms with Crippen LogP contribution in [0.2, 0.25) is 0 Å². The van der Waals surface area contributed by atoms with Crippen molar-refractivity contribution in [1.82, 2.24) is 15.5 Å². The van der Waals surface area contributed by atoms with E-state index in [0.29, 0.717) is 26.2 Å². The third-order valence-corrected chi connectivity index (χ3v) is 2.37. The zero-order valence-corrected chi connectivity index (χ0v) is 9.78. The smallest absolute Gasteiger partial charge is 0.318 e. The topological polar surface area (TPSA) is 70.7 Å². The van der Waals surface area contributed by atoms with E-state index in [2.05, 4.69) is 10.6 Å². The van der Waals surface area contributed by atoms with Crippen molar-refractivity contribution in [2.45, 2.75) is 19.9 Å². The van der Waals surface area contributed by atoms with Gasteiger partial charge in [-0.2, -0.15) is 0 Å². The quantitative estimate of drug-likeness (QED) is 0.689. The van der Waals surface area contributed by atoms with Crippen LogP contribution in [0.4, 0.5) is 4.79 Å². The molecule has 1 heterocycles. The molecule has 1 aliphatic rings. The molecule has 0 radical (unpaired) electrons. The monoisotopic (exact) mass is 229 g/mol. The van der Waals surface area contributed by atoms with Crippen molar-refractivity contribution in [1.29, 1.82) is 0 Å². The van der Waals surface area contributed by atoms with Crippen LogP contribution in [0.15, 0.2) is 0 Å². The van der Waals surface area contributed by atoms with E-state index in [4.69, 9.17) is 4.74 Å². The van der Waals surface area contributed by atoms with E-state index in [9.17, 15) is 9.59 Å². The van der Waals surface area contributed by atoms with Crippen LogP contribution in [0.25, 0.3) is 0 Å². The van der Waals surface area contributed by atoms with E-state index in [-0.39, 0.29) is 18.5 Å². The van der Waals surface area contributed by atoms with Crippen molar-refractivity contribution in [2.24, 2.45) is 0 Å². The molecule has 1 aliphatic heterocycles. The lowest BCUT2D eigenvalue weighted by Gasteiger charge is -2.34. The van der Waals surface area contributed by atoms with E-state index in [1.807, 2.05) is 13.8 Å². The van der Waals surface area contributed by atoms with Gasteiger partial charge in [-0.05, 0) is 13.8 Å². The van der Waals surface area contributed by atoms with Crippen LogP contribution in [-0.4, -0.2) is 55.7 Å². The maximum Gasteiger partial charge on any atom is 0.318 e. The minimum absolute atomic E-state index is 0.159. The number of amides is 3. The third-order valence-electron chi connectivity index (χ3n) is 2.37. The first-order valence-corrected chi connectivity index (χ1v) is 5.60. The molecule has 0 aromatic carbocycles. The van der Waals surface area contributed by atoms with Gasteiger partial charge in [0.1, 0.15) is 6.04 Å². The Kier molecular flexibility index (Phi) is 5.04. The van der Waals surface area contributed by atoms with Gasteiger partial charge >= 0.3 is 6.03 Å². The van der Waals surface area contributed by atoms with Crippen LogP contribution >= 0.6 is 0 Å². The summed E-state index contributed by atoms with van der Waals surface area (Å²) in [6.07, 6.45) is 0. The van der Waals surface area contributed by atoms with Crippen molar-refractivity contribution in [3.63, 3.8) is 0 Å². The number of hydrogen-bond acceptors (Lipinski definition) is 3. The minimum Gasteiger partial charge on any atom is -0.377 e. The lowest BCUT2D eigenvalue weighted by Crippen LogP contribution is -2.58. The van der Waals surface area contributed by atoms with Gasteiger partial charge in [0.25, 0.3) is 0 Å². The number of nitrogens with one attached hydrogen (secondary N) is 2. The van der Waals surface area contributed by atoms with Gasteiger partial charge in [-0.15, -0.1) is 0 Å². The third kappa shape index (κ3) is 3.10. The summed E-state index contributed by atoms with van der Waals surface area (Å²) in [7, 11) is 0. The highest BCUT2D eigenvalue weighted by Crippen LogP contribution is 2.07. The predicted molar refractivity (Wildman–Crippen MR) is 59.1 cm³/mol. The first-order valence-electron chi connectivity index (χ1n) is 5.60. The predicted octanol–water partition coefficient (Wildman–Crippen LogP) is -0.447. The lowest BCUT2D eigenvalue weighted by atomic mass is 10.2. The molecule has 0 aromatic heterocycles. The van der Waals surface area contributed by atoms with E-state index in [0.717, 1.165) is 0 Å². The Morgan fingerprint density at radius 3 is 2.62 bits per heavy atom. The Morgan fingerprint density at radius 2 is 2.00 bits per heavy atom. The molecule has 0 spiro atoms. The summed E-state index contributed by atoms with van der Waals surface area (Å²) < 4.78 is 5.23. The van der Waals surface area contributed by atoms with Crippen molar-refractivity contribution in [3.05, 3.63) is 0 Å². The van der Waals surface area contributed by atoms with Crippen LogP contribution in [0.3, 0.4) is 0 Å². The van der Waals surface area contributed by atoms with Gasteiger partial charge in [0.05, 0.1) is 13.2 Å². The SMILES string of the molecule is CCNC(=O)C1COCCN1C(=O)NCC. The molecule has 0 aromatic rings. The van der Waals surface area contributed by atoms with Crippen LogP contribution in [0.1, 0.15) is 13.8 Å². The highest BCUT2D eigenvalue weighted by atomic mass is 16.5. The first kappa shape index (κ1) is 12.8. The number of nitrogens with zero attached hydrogens (tertiary/aromatic N) is 1. The molecule has 1 rings (SSSR count). The Bertz CT molecular complexity index is 232. The number of carbonyl (C=O) groups is 2. The van der Waals surface area contributed by atoms with Gasteiger partial charge in [0.15, 0.2) is 0 Å². The van der Waals surface area contributed by atoms with Crippen LogP contribution < -0.4 is 10.6 Å². The van der Waals surface area contributed by atoms with Gasteiger partial charge in [-0.25, -0.2) is 4.79 Å². The van der Waals surface area contributed by atoms with E-state index in [1.54, 1.807) is 0 Å². The lowest BCUT2D eigenvalue weighted by molar-refractivity contribution is -0.130. The van der Waals surface area contributed by atoms with Gasteiger partial charge in [0, 0.05) is 19.6 Å². The summed E-state index contributed by atoms with van der Waals surface area (Å²) in [6.45, 7) is 6.00. The van der Waals surface area contributed by atoms with Crippen molar-refractivity contribution in [3.8, 4) is 0 Å². The summed E-state index contributed by atoms with van der Waals surface area (Å²) in [5.74, 6) is -0.159. The molecule has 1 atom stereocenters. The minimum atomic E-state index is -0.514. The molecule has 0 saturated carbocycles. The van der Waals surface area contributed by atoms with Crippen LogP contribution in [0.5, 0.6) is 0 Å². The normalized spacial score (nSPS) is 20.4. The summed E-state index contributed by atoms with van der Waals surface area (Å²) in [5.41, 5.74) is 0. The molecule has 1 fully saturated rings. The summed E-state index contributed by atoms with van der Waals surface area (Å²) in [6, 6.07) is -0.720. The molecular formula is C10H19N3O3. The summed E-state index contributed by atoms with van der Waals surface area (Å²) >= 11 is 0. The second-order valence-electron chi connectivity index (χ2n) is 3.51. The molecule has 6 heteroatoms. The summed E-state index contributed by atoms with van der Waals surface area (Å²) in [4.78, 5) is 24.9. The van der Waals surface area contributed by atoms with Gasteiger partial charge in [-0.3, -0.25) is 4.79 Å². The van der Waals surface area contributed by atoms with E-state index >= 15 is 0 Å². The maximum absolute atomic E-state index is 11.7. The fraction of sp³-hybridized carbons (Fsp3) is 0.800. The molecule has 1 saturated heterocycles. The average molecular weight is 229 g/mol. The fourth-order valence-corrected chi connectivity index (χ4v) is 1.61. The number of likely N-dealkylation sites (N-methyl/N-ethyl adjacent to an activating group) is 1. The Morgan fingerprint density at radius 1 is 1.31 bits per heavy atom. The average Bonchev–Trinajstić information content (AvgIpc) is 2.30. The van der Waals surface area contributed by atoms with E-state index in [1.165, 1.54) is 4.90 Å². The van der Waals surface area contributed by atoms with Crippen molar-refractivity contribution < 1.29 is 14.3 Å². The molecule has 1 unspecified atom stereocenters. The zero-order valence-electron chi connectivity index (χ0n) is 9.78. The zero-order chi connectivity index (χ0) is 12.0. The van der Waals surface area contributed by atoms with Crippen molar-refractivity contribution >= 4 is 11.9 Å². The van der Waals surface area contributed by atoms with E-state index < -0.39 is 6.04 Å². The number of ether oxygens (including phenoxy) is 1. The standard InChI is InChI=1S/C10H19N3O3/c1-3-11-9(14)8-7-16-6-5-13(8)10(15)12-4-2/h8H,3-7H2,1-2H3,(H,11,14)(H,12,15). The molecular weight excluding hydrogens is 210 g/mol. The van der Waals surface area contributed by atoms with Gasteiger partial charge in [-0.1, -0.05) is 0 Å². The van der Waals surface area contributed by atoms with Gasteiger partial charge < -0.3 is 20.3 Å². The second-order valence-corrected chi connectivity index (χ2v) is 3.51. The van der Waals surface area contributed by atoms with Gasteiger partial charge in [0.2, 0.25) is 5.91 Å². The van der Waals surface area contributed by atoms with Crippen LogP contribution in [0, 0.1) is 0 Å². The van der Waals surface area contributed by atoms with Crippen molar-refractivity contribution in [2.75, 3.05) is 32.8 Å². The molecule has 6 nitrogen and oxygen atoms in total. The molecule has 2 N–H and O–H groups in total. The molecule has 16 heavy (non-hydrogen) atoms. The number of hydrogen-bond donors (Lipinski definition) is 2. The first-order chi connectivity index (χ1) is 7.70. The molecule has 0 bridgehead atoms. The fourth-order valence-electron chi connectivity index (χ4n) is 1.61. The molecule has 92 valence electrons. The highest BCUT2D eigenvalue weighted by molar-refractivity contribution is 5.87. The Labute approximate surface area is 95.3 Å². The summed E-state index contributed by atoms with van der Waals surface area (Å²) in [5, 5.41) is 5.40. The molecule has 3 amide bonds. The number of rotatable bonds is 3. The number of urea groups is 1. The maximum atomic E-state index is 11.7. The Balaban J connectivity index is 2.63. The highest BCUT2D eigenvalue weighted by Gasteiger charge is 2.32. The number of morpholine rings is 1. The second kappa shape index (κ2) is 6.32. The Hall–Kier alpha value is -1.30. The number of carbonyl (C=O) groups excluding carboxylic acids is 2. The van der Waals surface area contributed by atoms with Crippen LogP contribution in [-0.2, 0) is 9.53 Å². The largest absolute Gasteiger partial charge is 0.377 e.